The number of hydrogen-bond donors (Lipinski definition) is 0. The number of nitrogens with zero attached hydrogens (tertiary/aromatic N) is 1. The molecular weight excluding hydrogens is 233 g/mol. The fraction of sp³-hybridized carbons (Fsp3) is 0.286. The van der Waals surface area contributed by atoms with Crippen molar-refractivity contribution in [2.24, 2.45) is 0 Å². The van der Waals surface area contributed by atoms with E-state index in [0.717, 1.165) is 4.90 Å². The average molecular weight is 247 g/mol. The number of carbonyl (C=O) groups excluding carboxylic acids is 2. The Bertz CT molecular complexity index is 463. The second kappa shape index (κ2) is 5.12. The second-order valence-corrected chi connectivity index (χ2v) is 4.23. The largest absolute Gasteiger partial charge is 0.271 e. The molecule has 0 saturated carbocycles. The number of imide groups is 1. The number of alkyl halides is 1. The molecule has 2 rings (SSSR count). The number of benzene rings is 1. The van der Waals surface area contributed by atoms with Crippen LogP contribution in [0.2, 0.25) is 0 Å². The van der Waals surface area contributed by atoms with Crippen LogP contribution in [0.25, 0.3) is 0 Å². The van der Waals surface area contributed by atoms with Gasteiger partial charge in [-0.25, -0.2) is 4.39 Å². The molecule has 1 aromatic rings. The molecule has 4 heteroatoms. The highest BCUT2D eigenvalue weighted by atomic mass is 19.1. The van der Waals surface area contributed by atoms with Crippen LogP contribution in [-0.2, 0) is 0 Å². The molecule has 1 aromatic carbocycles. The summed E-state index contributed by atoms with van der Waals surface area (Å²) in [4.78, 5) is 24.9. The predicted octanol–water partition coefficient (Wildman–Crippen LogP) is 2.59. The Morgan fingerprint density at radius 1 is 1.22 bits per heavy atom. The van der Waals surface area contributed by atoms with Crippen LogP contribution in [0.1, 0.15) is 33.6 Å². The molecule has 0 radical (unpaired) electrons. The Labute approximate surface area is 105 Å². The van der Waals surface area contributed by atoms with E-state index in [9.17, 15) is 14.0 Å². The third kappa shape index (κ3) is 2.18. The molecule has 1 heterocycles. The SMILES string of the molecule is C=CCCC(F)CN1C(=O)c2ccccc2C1=O. The van der Waals surface area contributed by atoms with Gasteiger partial charge in [-0.3, -0.25) is 14.5 Å². The van der Waals surface area contributed by atoms with Gasteiger partial charge in [0.05, 0.1) is 17.7 Å². The molecule has 1 atom stereocenters. The van der Waals surface area contributed by atoms with E-state index in [-0.39, 0.29) is 13.0 Å². The minimum Gasteiger partial charge on any atom is -0.271 e. The first kappa shape index (κ1) is 12.5. The Morgan fingerprint density at radius 2 is 1.78 bits per heavy atom. The number of halogens is 1. The first-order valence-electron chi connectivity index (χ1n) is 5.85. The lowest BCUT2D eigenvalue weighted by atomic mass is 10.1. The van der Waals surface area contributed by atoms with E-state index in [1.54, 1.807) is 30.3 Å². The smallest absolute Gasteiger partial charge is 0.261 e. The van der Waals surface area contributed by atoms with E-state index in [2.05, 4.69) is 6.58 Å². The number of amides is 2. The van der Waals surface area contributed by atoms with E-state index in [1.165, 1.54) is 0 Å². The molecule has 0 bridgehead atoms. The van der Waals surface area contributed by atoms with E-state index in [1.807, 2.05) is 0 Å². The summed E-state index contributed by atoms with van der Waals surface area (Å²) in [5.41, 5.74) is 0.719. The first-order chi connectivity index (χ1) is 8.65. The van der Waals surface area contributed by atoms with Gasteiger partial charge in [0.15, 0.2) is 0 Å². The highest BCUT2D eigenvalue weighted by molar-refractivity contribution is 6.21. The Morgan fingerprint density at radius 3 is 2.28 bits per heavy atom. The number of allylic oxidation sites excluding steroid dienone is 1. The fourth-order valence-corrected chi connectivity index (χ4v) is 1.99. The number of rotatable bonds is 5. The average Bonchev–Trinajstić information content (AvgIpc) is 2.62. The van der Waals surface area contributed by atoms with Crippen molar-refractivity contribution in [1.29, 1.82) is 0 Å². The van der Waals surface area contributed by atoms with Crippen LogP contribution in [0.4, 0.5) is 4.39 Å². The summed E-state index contributed by atoms with van der Waals surface area (Å²) in [6.45, 7) is 3.33. The van der Waals surface area contributed by atoms with Gasteiger partial charge < -0.3 is 0 Å². The van der Waals surface area contributed by atoms with Crippen molar-refractivity contribution in [3.8, 4) is 0 Å². The molecule has 0 N–H and O–H groups in total. The van der Waals surface area contributed by atoms with Gasteiger partial charge in [0.1, 0.15) is 6.17 Å². The lowest BCUT2D eigenvalue weighted by molar-refractivity contribution is 0.0608. The molecule has 1 unspecified atom stereocenters. The van der Waals surface area contributed by atoms with Crippen LogP contribution >= 0.6 is 0 Å². The molecule has 0 spiro atoms. The van der Waals surface area contributed by atoms with Gasteiger partial charge >= 0.3 is 0 Å². The summed E-state index contributed by atoms with van der Waals surface area (Å²) in [6, 6.07) is 6.56. The van der Waals surface area contributed by atoms with Gasteiger partial charge in [0.2, 0.25) is 0 Å². The van der Waals surface area contributed by atoms with Gasteiger partial charge in [0, 0.05) is 0 Å². The zero-order chi connectivity index (χ0) is 13.1. The second-order valence-electron chi connectivity index (χ2n) is 4.23. The lowest BCUT2D eigenvalue weighted by Crippen LogP contribution is -2.35. The van der Waals surface area contributed by atoms with E-state index in [0.29, 0.717) is 17.5 Å². The minimum absolute atomic E-state index is 0.180. The van der Waals surface area contributed by atoms with Crippen molar-refractivity contribution in [1.82, 2.24) is 4.90 Å². The lowest BCUT2D eigenvalue weighted by Gasteiger charge is -2.16. The fourth-order valence-electron chi connectivity index (χ4n) is 1.99. The van der Waals surface area contributed by atoms with E-state index in [4.69, 9.17) is 0 Å². The molecular formula is C14H14FNO2. The minimum atomic E-state index is -1.20. The zero-order valence-electron chi connectivity index (χ0n) is 9.93. The third-order valence-electron chi connectivity index (χ3n) is 2.94. The molecule has 1 aliphatic heterocycles. The molecule has 18 heavy (non-hydrogen) atoms. The van der Waals surface area contributed by atoms with Crippen molar-refractivity contribution in [3.05, 3.63) is 48.0 Å². The van der Waals surface area contributed by atoms with Crippen LogP contribution in [0.5, 0.6) is 0 Å². The number of hydrogen-bond acceptors (Lipinski definition) is 2. The summed E-state index contributed by atoms with van der Waals surface area (Å²) in [5.74, 6) is -0.811. The Kier molecular flexibility index (Phi) is 3.55. The van der Waals surface area contributed by atoms with Crippen LogP contribution in [0.15, 0.2) is 36.9 Å². The monoisotopic (exact) mass is 247 g/mol. The van der Waals surface area contributed by atoms with E-state index < -0.39 is 18.0 Å². The third-order valence-corrected chi connectivity index (χ3v) is 2.94. The van der Waals surface area contributed by atoms with Crippen molar-refractivity contribution in [2.75, 3.05) is 6.54 Å². The number of fused-ring (bicyclic) bond motifs is 1. The summed E-state index contributed by atoms with van der Waals surface area (Å²) in [5, 5.41) is 0. The molecule has 0 saturated heterocycles. The van der Waals surface area contributed by atoms with Crippen LogP contribution in [-0.4, -0.2) is 29.4 Å². The predicted molar refractivity (Wildman–Crippen MR) is 66.1 cm³/mol. The zero-order valence-corrected chi connectivity index (χ0v) is 9.93. The number of carbonyl (C=O) groups is 2. The Hall–Kier alpha value is -1.97. The van der Waals surface area contributed by atoms with Crippen LogP contribution < -0.4 is 0 Å². The highest BCUT2D eigenvalue weighted by Crippen LogP contribution is 2.23. The van der Waals surface area contributed by atoms with E-state index >= 15 is 0 Å². The van der Waals surface area contributed by atoms with Crippen molar-refractivity contribution in [3.63, 3.8) is 0 Å². The topological polar surface area (TPSA) is 37.4 Å². The van der Waals surface area contributed by atoms with Crippen molar-refractivity contribution >= 4 is 11.8 Å². The standard InChI is InChI=1S/C14H14FNO2/c1-2-3-6-10(15)9-16-13(17)11-7-4-5-8-12(11)14(16)18/h2,4-5,7-8,10H,1,3,6,9H2. The van der Waals surface area contributed by atoms with Crippen LogP contribution in [0.3, 0.4) is 0 Å². The summed E-state index contributed by atoms with van der Waals surface area (Å²) < 4.78 is 13.6. The maximum Gasteiger partial charge on any atom is 0.261 e. The summed E-state index contributed by atoms with van der Waals surface area (Å²) >= 11 is 0. The molecule has 1 aliphatic rings. The van der Waals surface area contributed by atoms with Gasteiger partial charge in [0.25, 0.3) is 11.8 Å². The van der Waals surface area contributed by atoms with Crippen LogP contribution in [0, 0.1) is 0 Å². The highest BCUT2D eigenvalue weighted by Gasteiger charge is 2.36. The van der Waals surface area contributed by atoms with Gasteiger partial charge in [-0.1, -0.05) is 18.2 Å². The van der Waals surface area contributed by atoms with Gasteiger partial charge in [-0.05, 0) is 25.0 Å². The van der Waals surface area contributed by atoms with Crippen molar-refractivity contribution in [2.45, 2.75) is 19.0 Å². The maximum absolute atomic E-state index is 13.6. The quantitative estimate of drug-likeness (QED) is 0.592. The molecule has 3 nitrogen and oxygen atoms in total. The first-order valence-corrected chi connectivity index (χ1v) is 5.85. The molecule has 0 fully saturated rings. The Balaban J connectivity index is 2.11. The molecule has 94 valence electrons. The molecule has 2 amide bonds. The normalized spacial score (nSPS) is 15.7. The maximum atomic E-state index is 13.6. The summed E-state index contributed by atoms with van der Waals surface area (Å²) in [6.07, 6.45) is 1.22. The van der Waals surface area contributed by atoms with Crippen molar-refractivity contribution < 1.29 is 14.0 Å². The van der Waals surface area contributed by atoms with Gasteiger partial charge in [-0.15, -0.1) is 6.58 Å². The van der Waals surface area contributed by atoms with Gasteiger partial charge in [-0.2, -0.15) is 0 Å². The molecule has 0 aromatic heterocycles. The molecule has 0 aliphatic carbocycles. The summed E-state index contributed by atoms with van der Waals surface area (Å²) in [7, 11) is 0.